The van der Waals surface area contributed by atoms with Gasteiger partial charge in [-0.05, 0) is 26.7 Å². The summed E-state index contributed by atoms with van der Waals surface area (Å²) in [6, 6.07) is 0. The Balaban J connectivity index is 3.20. The van der Waals surface area contributed by atoms with E-state index in [1.54, 1.807) is 0 Å². The number of halogens is 1. The zero-order valence-electron chi connectivity index (χ0n) is 6.45. The van der Waals surface area contributed by atoms with Crippen LogP contribution in [0.25, 0.3) is 0 Å². The molecular weight excluding hydrogens is 176 g/mol. The summed E-state index contributed by atoms with van der Waals surface area (Å²) in [6.45, 7) is 6.45. The minimum atomic E-state index is 0.660. The Hall–Kier alpha value is 0.220. The Morgan fingerprint density at radius 3 is 2.44 bits per heavy atom. The summed E-state index contributed by atoms with van der Waals surface area (Å²) >= 11 is 3.50. The molecule has 0 bridgehead atoms. The van der Waals surface area contributed by atoms with Crippen molar-refractivity contribution in [1.29, 1.82) is 0 Å². The number of hydrogen-bond acceptors (Lipinski definition) is 0. The van der Waals surface area contributed by atoms with Gasteiger partial charge in [-0.1, -0.05) is 34.5 Å². The molecular formula is C8H15Br. The van der Waals surface area contributed by atoms with E-state index in [0.29, 0.717) is 4.83 Å². The zero-order chi connectivity index (χ0) is 7.28. The Morgan fingerprint density at radius 1 is 1.56 bits per heavy atom. The topological polar surface area (TPSA) is 0 Å². The summed E-state index contributed by atoms with van der Waals surface area (Å²) in [6.07, 6.45) is 4.72. The van der Waals surface area contributed by atoms with E-state index < -0.39 is 0 Å². The van der Waals surface area contributed by atoms with Gasteiger partial charge in [0.25, 0.3) is 0 Å². The second kappa shape index (κ2) is 5.04. The Morgan fingerprint density at radius 2 is 2.11 bits per heavy atom. The molecule has 0 rings (SSSR count). The molecule has 0 aliphatic rings. The lowest BCUT2D eigenvalue weighted by Gasteiger charge is -1.97. The van der Waals surface area contributed by atoms with Crippen LogP contribution in [-0.4, -0.2) is 4.83 Å². The van der Waals surface area contributed by atoms with Crippen molar-refractivity contribution in [2.24, 2.45) is 0 Å². The number of alkyl halides is 1. The summed E-state index contributed by atoms with van der Waals surface area (Å²) in [5, 5.41) is 0. The SMILES string of the molecule is CC(C)=CCC[C@H](C)Br. The van der Waals surface area contributed by atoms with Gasteiger partial charge in [0, 0.05) is 4.83 Å². The normalized spacial score (nSPS) is 12.9. The molecule has 54 valence electrons. The first-order valence-corrected chi connectivity index (χ1v) is 4.32. The lowest BCUT2D eigenvalue weighted by Crippen LogP contribution is -1.86. The highest BCUT2D eigenvalue weighted by atomic mass is 79.9. The van der Waals surface area contributed by atoms with Crippen LogP contribution in [0.15, 0.2) is 11.6 Å². The van der Waals surface area contributed by atoms with E-state index in [9.17, 15) is 0 Å². The van der Waals surface area contributed by atoms with Gasteiger partial charge in [-0.2, -0.15) is 0 Å². The van der Waals surface area contributed by atoms with Crippen LogP contribution in [0.4, 0.5) is 0 Å². The van der Waals surface area contributed by atoms with Crippen molar-refractivity contribution in [2.45, 2.75) is 38.4 Å². The van der Waals surface area contributed by atoms with Gasteiger partial charge in [0.1, 0.15) is 0 Å². The molecule has 0 spiro atoms. The van der Waals surface area contributed by atoms with Crippen molar-refractivity contribution in [1.82, 2.24) is 0 Å². The summed E-state index contributed by atoms with van der Waals surface area (Å²) in [4.78, 5) is 0.660. The summed E-state index contributed by atoms with van der Waals surface area (Å²) in [7, 11) is 0. The van der Waals surface area contributed by atoms with E-state index in [1.807, 2.05) is 0 Å². The molecule has 1 heteroatoms. The molecule has 0 amide bonds. The molecule has 0 aliphatic heterocycles. The first-order valence-electron chi connectivity index (χ1n) is 3.40. The molecule has 0 saturated carbocycles. The smallest absolute Gasteiger partial charge is 0.0120 e. The standard InChI is InChI=1S/C8H15Br/c1-7(2)5-4-6-8(3)9/h5,8H,4,6H2,1-3H3/t8-/m0/s1. The quantitative estimate of drug-likeness (QED) is 0.473. The molecule has 0 fully saturated rings. The van der Waals surface area contributed by atoms with E-state index >= 15 is 0 Å². The van der Waals surface area contributed by atoms with Gasteiger partial charge in [-0.15, -0.1) is 0 Å². The predicted molar refractivity (Wildman–Crippen MR) is 47.1 cm³/mol. The summed E-state index contributed by atoms with van der Waals surface area (Å²) in [5.74, 6) is 0. The fourth-order valence-electron chi connectivity index (χ4n) is 0.602. The van der Waals surface area contributed by atoms with Crippen LogP contribution in [0.2, 0.25) is 0 Å². The van der Waals surface area contributed by atoms with Crippen LogP contribution >= 0.6 is 15.9 Å². The fourth-order valence-corrected chi connectivity index (χ4v) is 0.866. The Bertz CT molecular complexity index is 88.7. The zero-order valence-corrected chi connectivity index (χ0v) is 8.03. The molecule has 0 radical (unpaired) electrons. The van der Waals surface area contributed by atoms with Gasteiger partial charge >= 0.3 is 0 Å². The first-order chi connectivity index (χ1) is 4.13. The minimum Gasteiger partial charge on any atom is -0.0894 e. The molecule has 0 aromatic heterocycles. The van der Waals surface area contributed by atoms with Crippen molar-refractivity contribution in [3.05, 3.63) is 11.6 Å². The predicted octanol–water partition coefficient (Wildman–Crippen LogP) is 3.52. The molecule has 0 aromatic carbocycles. The molecule has 0 aromatic rings. The lowest BCUT2D eigenvalue weighted by atomic mass is 10.2. The third-order valence-electron chi connectivity index (χ3n) is 1.12. The van der Waals surface area contributed by atoms with Crippen molar-refractivity contribution < 1.29 is 0 Å². The minimum absolute atomic E-state index is 0.660. The summed E-state index contributed by atoms with van der Waals surface area (Å²) in [5.41, 5.74) is 1.42. The molecule has 0 aliphatic carbocycles. The third-order valence-corrected chi connectivity index (χ3v) is 1.57. The average Bonchev–Trinajstić information content (AvgIpc) is 1.63. The highest BCUT2D eigenvalue weighted by molar-refractivity contribution is 9.09. The maximum atomic E-state index is 3.50. The molecule has 0 unspecified atom stereocenters. The van der Waals surface area contributed by atoms with Crippen LogP contribution in [0, 0.1) is 0 Å². The molecule has 1 atom stereocenters. The van der Waals surface area contributed by atoms with Crippen LogP contribution in [0.1, 0.15) is 33.6 Å². The van der Waals surface area contributed by atoms with Crippen molar-refractivity contribution >= 4 is 15.9 Å². The molecule has 9 heavy (non-hydrogen) atoms. The van der Waals surface area contributed by atoms with Crippen LogP contribution in [0.5, 0.6) is 0 Å². The van der Waals surface area contributed by atoms with E-state index in [2.05, 4.69) is 42.8 Å². The molecule has 0 N–H and O–H groups in total. The van der Waals surface area contributed by atoms with Crippen molar-refractivity contribution in [2.75, 3.05) is 0 Å². The van der Waals surface area contributed by atoms with Crippen molar-refractivity contribution in [3.8, 4) is 0 Å². The van der Waals surface area contributed by atoms with Crippen molar-refractivity contribution in [3.63, 3.8) is 0 Å². The van der Waals surface area contributed by atoms with Crippen LogP contribution < -0.4 is 0 Å². The van der Waals surface area contributed by atoms with E-state index in [-0.39, 0.29) is 0 Å². The maximum absolute atomic E-state index is 3.50. The van der Waals surface area contributed by atoms with E-state index in [4.69, 9.17) is 0 Å². The fraction of sp³-hybridized carbons (Fsp3) is 0.750. The van der Waals surface area contributed by atoms with E-state index in [0.717, 1.165) is 0 Å². The lowest BCUT2D eigenvalue weighted by molar-refractivity contribution is 0.839. The molecule has 0 saturated heterocycles. The van der Waals surface area contributed by atoms with Crippen LogP contribution in [0.3, 0.4) is 0 Å². The second-order valence-electron chi connectivity index (χ2n) is 2.64. The molecule has 0 nitrogen and oxygen atoms in total. The Labute approximate surface area is 66.5 Å². The van der Waals surface area contributed by atoms with Gasteiger partial charge in [0.15, 0.2) is 0 Å². The average molecular weight is 191 g/mol. The van der Waals surface area contributed by atoms with Gasteiger partial charge in [0.05, 0.1) is 0 Å². The summed E-state index contributed by atoms with van der Waals surface area (Å²) < 4.78 is 0. The van der Waals surface area contributed by atoms with Gasteiger partial charge in [-0.25, -0.2) is 0 Å². The van der Waals surface area contributed by atoms with Crippen LogP contribution in [-0.2, 0) is 0 Å². The largest absolute Gasteiger partial charge is 0.0894 e. The van der Waals surface area contributed by atoms with E-state index in [1.165, 1.54) is 18.4 Å². The van der Waals surface area contributed by atoms with Gasteiger partial charge in [0.2, 0.25) is 0 Å². The van der Waals surface area contributed by atoms with Gasteiger partial charge in [-0.3, -0.25) is 0 Å². The highest BCUT2D eigenvalue weighted by Gasteiger charge is 1.91. The number of hydrogen-bond donors (Lipinski definition) is 0. The Kier molecular flexibility index (Phi) is 5.16. The second-order valence-corrected chi connectivity index (χ2v) is 4.20. The maximum Gasteiger partial charge on any atom is 0.0120 e. The first kappa shape index (κ1) is 9.22. The number of allylic oxidation sites excluding steroid dienone is 2. The number of rotatable bonds is 3. The highest BCUT2D eigenvalue weighted by Crippen LogP contribution is 2.07. The van der Waals surface area contributed by atoms with Gasteiger partial charge < -0.3 is 0 Å². The monoisotopic (exact) mass is 190 g/mol. The third kappa shape index (κ3) is 8.22. The molecule has 0 heterocycles.